The lowest BCUT2D eigenvalue weighted by atomic mass is 9.88. The minimum absolute atomic E-state index is 0.0623. The van der Waals surface area contributed by atoms with Crippen molar-refractivity contribution < 1.29 is 31.8 Å². The predicted molar refractivity (Wildman–Crippen MR) is 97.8 cm³/mol. The number of rotatable bonds is 5. The average molecular weight is 415 g/mol. The molecule has 3 rings (SSSR count). The summed E-state index contributed by atoms with van der Waals surface area (Å²) < 4.78 is 73.2. The third-order valence-corrected chi connectivity index (χ3v) is 4.83. The molecule has 0 saturated heterocycles. The Balaban J connectivity index is 2.28. The van der Waals surface area contributed by atoms with Gasteiger partial charge in [-0.2, -0.15) is 23.1 Å². The number of allylic oxidation sites excluding steroid dienone is 2. The summed E-state index contributed by atoms with van der Waals surface area (Å²) in [6.07, 6.45) is -1.80. The van der Waals surface area contributed by atoms with E-state index in [0.717, 1.165) is 24.3 Å². The van der Waals surface area contributed by atoms with Crippen molar-refractivity contribution in [1.29, 1.82) is 0 Å². The molecule has 2 aromatic rings. The van der Waals surface area contributed by atoms with Gasteiger partial charge in [-0.1, -0.05) is 12.2 Å². The molecular weight excluding hydrogens is 397 g/mol. The maximum atomic E-state index is 15.1. The molecule has 1 aromatic carbocycles. The molecule has 10 heteroatoms. The lowest BCUT2D eigenvalue weighted by Gasteiger charge is -2.39. The molecule has 0 bridgehead atoms. The van der Waals surface area contributed by atoms with Crippen LogP contribution in [0.3, 0.4) is 0 Å². The summed E-state index contributed by atoms with van der Waals surface area (Å²) in [4.78, 5) is 9.59. The van der Waals surface area contributed by atoms with Gasteiger partial charge in [0, 0.05) is 24.0 Å². The first-order valence-corrected chi connectivity index (χ1v) is 8.67. The van der Waals surface area contributed by atoms with Gasteiger partial charge in [-0.05, 0) is 25.0 Å². The van der Waals surface area contributed by atoms with Crippen LogP contribution in [0.15, 0.2) is 24.5 Å². The number of aromatic nitrogens is 2. The fraction of sp³-hybridized carbons (Fsp3) is 0.368. The normalized spacial score (nSPS) is 19.9. The molecule has 156 valence electrons. The van der Waals surface area contributed by atoms with Crippen molar-refractivity contribution in [2.45, 2.75) is 31.2 Å². The highest BCUT2D eigenvalue weighted by Crippen LogP contribution is 2.40. The van der Waals surface area contributed by atoms with Crippen molar-refractivity contribution >= 4 is 22.8 Å². The molecule has 1 aromatic heterocycles. The second-order valence-corrected chi connectivity index (χ2v) is 6.65. The summed E-state index contributed by atoms with van der Waals surface area (Å²) in [5.74, 6) is -1.16. The number of methoxy groups -OCH3 is 1. The second kappa shape index (κ2) is 7.94. The number of nitrogens with zero attached hydrogens (tertiary/aromatic N) is 3. The predicted octanol–water partition coefficient (Wildman–Crippen LogP) is 4.25. The number of benzene rings is 1. The molecule has 0 aliphatic heterocycles. The van der Waals surface area contributed by atoms with Crippen LogP contribution in [0.5, 0.6) is 6.01 Å². The van der Waals surface area contributed by atoms with Crippen LogP contribution in [-0.2, 0) is 6.18 Å². The molecule has 0 atom stereocenters. The van der Waals surface area contributed by atoms with E-state index in [0.29, 0.717) is 12.8 Å². The first-order valence-electron chi connectivity index (χ1n) is 8.67. The van der Waals surface area contributed by atoms with E-state index in [9.17, 15) is 22.7 Å². The highest BCUT2D eigenvalue weighted by atomic mass is 19.4. The Morgan fingerprint density at radius 2 is 1.93 bits per heavy atom. The molecule has 0 unspecified atom stereocenters. The van der Waals surface area contributed by atoms with Crippen molar-refractivity contribution in [2.75, 3.05) is 19.1 Å². The van der Waals surface area contributed by atoms with Gasteiger partial charge < -0.3 is 14.7 Å². The van der Waals surface area contributed by atoms with Gasteiger partial charge in [0.25, 0.3) is 0 Å². The minimum Gasteiger partial charge on any atom is -0.467 e. The summed E-state index contributed by atoms with van der Waals surface area (Å²) in [6, 6.07) is 0.397. The van der Waals surface area contributed by atoms with Crippen molar-refractivity contribution in [3.05, 3.63) is 41.5 Å². The molecule has 5 nitrogen and oxygen atoms in total. The first-order chi connectivity index (χ1) is 13.7. The van der Waals surface area contributed by atoms with E-state index in [-0.39, 0.29) is 35.1 Å². The van der Waals surface area contributed by atoms with Gasteiger partial charge in [0.2, 0.25) is 0 Å². The summed E-state index contributed by atoms with van der Waals surface area (Å²) >= 11 is 0. The van der Waals surface area contributed by atoms with Crippen LogP contribution in [0.4, 0.5) is 27.8 Å². The van der Waals surface area contributed by atoms with E-state index in [1.807, 2.05) is 0 Å². The van der Waals surface area contributed by atoms with Crippen LogP contribution in [0.25, 0.3) is 17.0 Å². The highest BCUT2D eigenvalue weighted by molar-refractivity contribution is 5.93. The molecule has 1 heterocycles. The van der Waals surface area contributed by atoms with E-state index in [1.54, 1.807) is 11.9 Å². The molecule has 1 aliphatic carbocycles. The molecule has 0 amide bonds. The monoisotopic (exact) mass is 415 g/mol. The molecule has 0 radical (unpaired) electrons. The van der Waals surface area contributed by atoms with E-state index >= 15 is 4.39 Å². The Bertz CT molecular complexity index is 969. The van der Waals surface area contributed by atoms with Crippen molar-refractivity contribution in [1.82, 2.24) is 9.97 Å². The molecule has 0 spiro atoms. The molecule has 1 saturated carbocycles. The van der Waals surface area contributed by atoms with Gasteiger partial charge in [0.1, 0.15) is 11.3 Å². The van der Waals surface area contributed by atoms with Crippen LogP contribution in [-0.4, -0.2) is 41.4 Å². The number of alkyl halides is 3. The first kappa shape index (κ1) is 21.0. The third kappa shape index (κ3) is 4.02. The Hall–Kier alpha value is -2.75. The highest BCUT2D eigenvalue weighted by Gasteiger charge is 2.37. The number of hydrogen-bond acceptors (Lipinski definition) is 5. The molecule has 1 aliphatic rings. The lowest BCUT2D eigenvalue weighted by molar-refractivity contribution is -0.137. The van der Waals surface area contributed by atoms with Gasteiger partial charge in [-0.3, -0.25) is 0 Å². The van der Waals surface area contributed by atoms with E-state index in [1.165, 1.54) is 7.11 Å². The number of ether oxygens (including phenoxy) is 1. The quantitative estimate of drug-likeness (QED) is 0.585. The number of aliphatic hydroxyl groups excluding tert-OH is 1. The fourth-order valence-corrected chi connectivity index (χ4v) is 3.21. The topological polar surface area (TPSA) is 58.5 Å². The van der Waals surface area contributed by atoms with Gasteiger partial charge >= 0.3 is 12.2 Å². The zero-order valence-corrected chi connectivity index (χ0v) is 15.5. The minimum atomic E-state index is -4.86. The Labute approximate surface area is 163 Å². The van der Waals surface area contributed by atoms with E-state index < -0.39 is 29.2 Å². The number of aliphatic hydroxyl groups is 1. The summed E-state index contributed by atoms with van der Waals surface area (Å²) in [6.45, 7) is 0. The van der Waals surface area contributed by atoms with E-state index in [4.69, 9.17) is 4.74 Å². The van der Waals surface area contributed by atoms with Crippen LogP contribution in [0, 0.1) is 5.82 Å². The Morgan fingerprint density at radius 1 is 1.24 bits per heavy atom. The third-order valence-electron chi connectivity index (χ3n) is 4.83. The standard InChI is InChI=1S/C19H18F5N3O2/c1-27(10-7-11(28)8-10)17-13-9-14(19(22,23)24)12(5-3-4-6-20)15(21)16(13)25-18(26-17)29-2/h3-6,9-11,28H,7-8H2,1-2H3/b5-3+,6-4+. The summed E-state index contributed by atoms with van der Waals surface area (Å²) in [7, 11) is 2.86. The fourth-order valence-electron chi connectivity index (χ4n) is 3.21. The Kier molecular flexibility index (Phi) is 5.74. The van der Waals surface area contributed by atoms with Gasteiger partial charge in [-0.15, -0.1) is 0 Å². The molecule has 1 N–H and O–H groups in total. The van der Waals surface area contributed by atoms with Crippen molar-refractivity contribution in [3.63, 3.8) is 0 Å². The summed E-state index contributed by atoms with van der Waals surface area (Å²) in [5.41, 5.74) is -2.35. The number of hydrogen-bond donors (Lipinski definition) is 1. The van der Waals surface area contributed by atoms with Crippen LogP contribution in [0.2, 0.25) is 0 Å². The van der Waals surface area contributed by atoms with E-state index in [2.05, 4.69) is 9.97 Å². The zero-order chi connectivity index (χ0) is 21.3. The Morgan fingerprint density at radius 3 is 2.48 bits per heavy atom. The smallest absolute Gasteiger partial charge is 0.417 e. The average Bonchev–Trinajstić information content (AvgIpc) is 2.65. The van der Waals surface area contributed by atoms with Crippen molar-refractivity contribution in [3.8, 4) is 6.01 Å². The van der Waals surface area contributed by atoms with Crippen LogP contribution in [0.1, 0.15) is 24.0 Å². The largest absolute Gasteiger partial charge is 0.467 e. The van der Waals surface area contributed by atoms with Crippen molar-refractivity contribution in [2.24, 2.45) is 0 Å². The maximum Gasteiger partial charge on any atom is 0.417 e. The van der Waals surface area contributed by atoms with Gasteiger partial charge in [0.15, 0.2) is 5.82 Å². The maximum absolute atomic E-state index is 15.1. The summed E-state index contributed by atoms with van der Waals surface area (Å²) in [5, 5.41) is 9.39. The SMILES string of the molecule is COc1nc(N(C)C2CC(O)C2)c2cc(C(F)(F)F)c(/C=C/C=C/F)c(F)c2n1. The molecule has 1 fully saturated rings. The second-order valence-electron chi connectivity index (χ2n) is 6.65. The van der Waals surface area contributed by atoms with Gasteiger partial charge in [0.05, 0.1) is 25.1 Å². The number of halogens is 5. The zero-order valence-electron chi connectivity index (χ0n) is 15.5. The molecular formula is C19H18F5N3O2. The number of anilines is 1. The molecule has 29 heavy (non-hydrogen) atoms. The van der Waals surface area contributed by atoms with Crippen LogP contribution < -0.4 is 9.64 Å². The number of fused-ring (bicyclic) bond motifs is 1. The van der Waals surface area contributed by atoms with Gasteiger partial charge in [-0.25, -0.2) is 8.78 Å². The van der Waals surface area contributed by atoms with Crippen LogP contribution >= 0.6 is 0 Å². The lowest BCUT2D eigenvalue weighted by Crippen LogP contribution is -2.45.